The zero-order valence-corrected chi connectivity index (χ0v) is 9.61. The lowest BCUT2D eigenvalue weighted by Gasteiger charge is -2.23. The molecule has 0 aromatic carbocycles. The molecule has 2 N–H and O–H groups in total. The van der Waals surface area contributed by atoms with E-state index in [0.717, 1.165) is 19.4 Å². The van der Waals surface area contributed by atoms with Crippen LogP contribution in [0, 0.1) is 5.92 Å². The highest BCUT2D eigenvalue weighted by atomic mass is 16.2. The van der Waals surface area contributed by atoms with E-state index in [2.05, 4.69) is 6.92 Å². The highest BCUT2D eigenvalue weighted by Crippen LogP contribution is 2.31. The van der Waals surface area contributed by atoms with E-state index >= 15 is 0 Å². The zero-order chi connectivity index (χ0) is 10.8. The third kappa shape index (κ3) is 2.51. The van der Waals surface area contributed by atoms with Crippen molar-refractivity contribution in [1.29, 1.82) is 0 Å². The quantitative estimate of drug-likeness (QED) is 0.764. The van der Waals surface area contributed by atoms with E-state index in [1.807, 2.05) is 4.90 Å². The van der Waals surface area contributed by atoms with Gasteiger partial charge in [0.1, 0.15) is 0 Å². The predicted molar refractivity (Wildman–Crippen MR) is 60.3 cm³/mol. The minimum absolute atomic E-state index is 0.270. The van der Waals surface area contributed by atoms with Gasteiger partial charge in [-0.3, -0.25) is 4.79 Å². The number of nitrogens with two attached hydrogens (primary N) is 1. The Balaban J connectivity index is 1.84. The van der Waals surface area contributed by atoms with E-state index in [-0.39, 0.29) is 6.04 Å². The SMILES string of the molecule is CCN(C(=O)C[C@@H]1CCC[C@H]1N)C1CC1. The zero-order valence-electron chi connectivity index (χ0n) is 9.61. The molecule has 0 aromatic heterocycles. The Hall–Kier alpha value is -0.570. The van der Waals surface area contributed by atoms with Crippen molar-refractivity contribution >= 4 is 5.91 Å². The second-order valence-corrected chi connectivity index (χ2v) is 4.97. The van der Waals surface area contributed by atoms with E-state index < -0.39 is 0 Å². The van der Waals surface area contributed by atoms with Crippen molar-refractivity contribution in [2.24, 2.45) is 11.7 Å². The first-order chi connectivity index (χ1) is 7.22. The summed E-state index contributed by atoms with van der Waals surface area (Å²) in [6.07, 6.45) is 6.55. The molecule has 86 valence electrons. The number of rotatable bonds is 4. The smallest absolute Gasteiger partial charge is 0.223 e. The van der Waals surface area contributed by atoms with Crippen LogP contribution in [0.4, 0.5) is 0 Å². The summed E-state index contributed by atoms with van der Waals surface area (Å²) in [5.74, 6) is 0.785. The van der Waals surface area contributed by atoms with Crippen LogP contribution in [0.3, 0.4) is 0 Å². The molecule has 2 saturated carbocycles. The van der Waals surface area contributed by atoms with Crippen LogP contribution in [-0.2, 0) is 4.79 Å². The van der Waals surface area contributed by atoms with Crippen LogP contribution in [0.5, 0.6) is 0 Å². The summed E-state index contributed by atoms with van der Waals surface area (Å²) in [7, 11) is 0. The van der Waals surface area contributed by atoms with Crippen molar-refractivity contribution in [3.63, 3.8) is 0 Å². The molecule has 2 aliphatic rings. The number of carbonyl (C=O) groups is 1. The van der Waals surface area contributed by atoms with Gasteiger partial charge in [-0.2, -0.15) is 0 Å². The molecule has 2 fully saturated rings. The molecule has 3 heteroatoms. The average Bonchev–Trinajstić information content (AvgIpc) is 2.95. The van der Waals surface area contributed by atoms with Gasteiger partial charge < -0.3 is 10.6 Å². The van der Waals surface area contributed by atoms with Crippen LogP contribution in [0.2, 0.25) is 0 Å². The number of carbonyl (C=O) groups excluding carboxylic acids is 1. The van der Waals surface area contributed by atoms with Gasteiger partial charge in [0, 0.05) is 25.0 Å². The van der Waals surface area contributed by atoms with Crippen molar-refractivity contribution in [3.05, 3.63) is 0 Å². The van der Waals surface area contributed by atoms with E-state index in [0.29, 0.717) is 24.3 Å². The second-order valence-electron chi connectivity index (χ2n) is 4.97. The molecular formula is C12H22N2O. The van der Waals surface area contributed by atoms with Crippen LogP contribution in [0.25, 0.3) is 0 Å². The first kappa shape index (κ1) is 10.9. The van der Waals surface area contributed by atoms with Crippen molar-refractivity contribution < 1.29 is 4.79 Å². The molecule has 2 rings (SSSR count). The Labute approximate surface area is 92.0 Å². The summed E-state index contributed by atoms with van der Waals surface area (Å²) in [6, 6.07) is 0.826. The molecule has 2 aliphatic carbocycles. The maximum atomic E-state index is 12.0. The van der Waals surface area contributed by atoms with Crippen LogP contribution >= 0.6 is 0 Å². The van der Waals surface area contributed by atoms with Gasteiger partial charge in [-0.15, -0.1) is 0 Å². The Kier molecular flexibility index (Phi) is 3.29. The fraction of sp³-hybridized carbons (Fsp3) is 0.917. The molecule has 0 heterocycles. The fourth-order valence-corrected chi connectivity index (χ4v) is 2.68. The largest absolute Gasteiger partial charge is 0.340 e. The molecule has 3 nitrogen and oxygen atoms in total. The van der Waals surface area contributed by atoms with Crippen LogP contribution < -0.4 is 5.73 Å². The molecule has 15 heavy (non-hydrogen) atoms. The normalized spacial score (nSPS) is 30.5. The first-order valence-electron chi connectivity index (χ1n) is 6.27. The number of hydrogen-bond donors (Lipinski definition) is 1. The third-order valence-electron chi connectivity index (χ3n) is 3.80. The lowest BCUT2D eigenvalue weighted by Crippen LogP contribution is -2.36. The number of hydrogen-bond acceptors (Lipinski definition) is 2. The van der Waals surface area contributed by atoms with Crippen molar-refractivity contribution in [2.45, 2.75) is 57.5 Å². The number of amides is 1. The summed E-state index contributed by atoms with van der Waals surface area (Å²) in [5.41, 5.74) is 5.99. The van der Waals surface area contributed by atoms with E-state index in [1.165, 1.54) is 19.3 Å². The van der Waals surface area contributed by atoms with E-state index in [1.54, 1.807) is 0 Å². The summed E-state index contributed by atoms with van der Waals surface area (Å²) in [5, 5.41) is 0. The second kappa shape index (κ2) is 4.52. The van der Waals surface area contributed by atoms with Crippen LogP contribution in [0.1, 0.15) is 45.4 Å². The number of nitrogens with zero attached hydrogens (tertiary/aromatic N) is 1. The Morgan fingerprint density at radius 3 is 2.53 bits per heavy atom. The standard InChI is InChI=1S/C12H22N2O/c1-2-14(10-6-7-10)12(15)8-9-4-3-5-11(9)13/h9-11H,2-8,13H2,1H3/t9-,11+/m0/s1. The first-order valence-corrected chi connectivity index (χ1v) is 6.27. The molecule has 0 aromatic rings. The lowest BCUT2D eigenvalue weighted by atomic mass is 9.99. The van der Waals surface area contributed by atoms with Crippen LogP contribution in [-0.4, -0.2) is 29.4 Å². The Morgan fingerprint density at radius 1 is 1.33 bits per heavy atom. The summed E-state index contributed by atoms with van der Waals surface area (Å²) < 4.78 is 0. The van der Waals surface area contributed by atoms with Gasteiger partial charge in [-0.1, -0.05) is 6.42 Å². The predicted octanol–water partition coefficient (Wildman–Crippen LogP) is 1.51. The molecule has 0 bridgehead atoms. The third-order valence-corrected chi connectivity index (χ3v) is 3.80. The van der Waals surface area contributed by atoms with Gasteiger partial charge in [0.2, 0.25) is 5.91 Å². The maximum absolute atomic E-state index is 12.0. The van der Waals surface area contributed by atoms with E-state index in [4.69, 9.17) is 5.73 Å². The molecular weight excluding hydrogens is 188 g/mol. The molecule has 0 spiro atoms. The van der Waals surface area contributed by atoms with Crippen molar-refractivity contribution in [3.8, 4) is 0 Å². The highest BCUT2D eigenvalue weighted by Gasteiger charge is 2.34. The average molecular weight is 210 g/mol. The molecule has 0 aliphatic heterocycles. The minimum atomic E-state index is 0.270. The van der Waals surface area contributed by atoms with Crippen LogP contribution in [0.15, 0.2) is 0 Å². The highest BCUT2D eigenvalue weighted by molar-refractivity contribution is 5.77. The van der Waals surface area contributed by atoms with Gasteiger partial charge in [0.25, 0.3) is 0 Å². The van der Waals surface area contributed by atoms with Gasteiger partial charge in [0.05, 0.1) is 0 Å². The molecule has 0 saturated heterocycles. The monoisotopic (exact) mass is 210 g/mol. The summed E-state index contributed by atoms with van der Waals surface area (Å²) in [4.78, 5) is 14.1. The van der Waals surface area contributed by atoms with Gasteiger partial charge in [-0.05, 0) is 38.5 Å². The topological polar surface area (TPSA) is 46.3 Å². The molecule has 0 radical (unpaired) electrons. The Morgan fingerprint density at radius 2 is 2.07 bits per heavy atom. The van der Waals surface area contributed by atoms with Gasteiger partial charge >= 0.3 is 0 Å². The summed E-state index contributed by atoms with van der Waals surface area (Å²) in [6.45, 7) is 2.94. The maximum Gasteiger partial charge on any atom is 0.223 e. The van der Waals surface area contributed by atoms with Gasteiger partial charge in [-0.25, -0.2) is 0 Å². The molecule has 0 unspecified atom stereocenters. The molecule has 1 amide bonds. The van der Waals surface area contributed by atoms with Crippen molar-refractivity contribution in [1.82, 2.24) is 4.90 Å². The van der Waals surface area contributed by atoms with Crippen molar-refractivity contribution in [2.75, 3.05) is 6.54 Å². The lowest BCUT2D eigenvalue weighted by molar-refractivity contribution is -0.132. The fourth-order valence-electron chi connectivity index (χ4n) is 2.68. The van der Waals surface area contributed by atoms with Gasteiger partial charge in [0.15, 0.2) is 0 Å². The van der Waals surface area contributed by atoms with E-state index in [9.17, 15) is 4.79 Å². The minimum Gasteiger partial charge on any atom is -0.340 e. The molecule has 2 atom stereocenters. The summed E-state index contributed by atoms with van der Waals surface area (Å²) >= 11 is 0. The Bertz CT molecular complexity index is 238.